The summed E-state index contributed by atoms with van der Waals surface area (Å²) in [5.74, 6) is -0.281. The normalized spacial score (nSPS) is 9.89. The molecule has 2 rings (SSSR count). The second-order valence-electron chi connectivity index (χ2n) is 3.67. The van der Waals surface area contributed by atoms with Crippen molar-refractivity contribution in [2.45, 2.75) is 13.1 Å². The molecule has 0 aliphatic rings. The van der Waals surface area contributed by atoms with Crippen molar-refractivity contribution in [1.82, 2.24) is 10.3 Å². The summed E-state index contributed by atoms with van der Waals surface area (Å²) in [4.78, 5) is 4.01. The Bertz CT molecular complexity index is 471. The molecule has 1 N–H and O–H groups in total. The Labute approximate surface area is 117 Å². The van der Waals surface area contributed by atoms with Gasteiger partial charge in [0.05, 0.1) is 0 Å². The first-order chi connectivity index (χ1) is 8.27. The number of halogens is 3. The van der Waals surface area contributed by atoms with Crippen LogP contribution in [0.5, 0.6) is 0 Å². The number of nitrogens with zero attached hydrogens (tertiary/aromatic N) is 1. The molecule has 1 heterocycles. The van der Waals surface area contributed by atoms with Gasteiger partial charge in [0.1, 0.15) is 5.82 Å². The molecular weight excluding hydrogens is 274 g/mol. The largest absolute Gasteiger partial charge is 0.308 e. The van der Waals surface area contributed by atoms with Gasteiger partial charge in [-0.2, -0.15) is 0 Å². The maximum Gasteiger partial charge on any atom is 0.129 e. The predicted octanol–water partition coefficient (Wildman–Crippen LogP) is 3.59. The number of rotatable bonds is 4. The lowest BCUT2D eigenvalue weighted by Crippen LogP contribution is -2.14. The fraction of sp³-hybridized carbons (Fsp3) is 0.154. The molecule has 1 aromatic carbocycles. The van der Waals surface area contributed by atoms with Crippen molar-refractivity contribution in [3.05, 3.63) is 64.7 Å². The Morgan fingerprint density at radius 3 is 2.67 bits per heavy atom. The summed E-state index contributed by atoms with van der Waals surface area (Å²) in [6.45, 7) is 1.04. The van der Waals surface area contributed by atoms with Crippen molar-refractivity contribution in [2.24, 2.45) is 0 Å². The van der Waals surface area contributed by atoms with Gasteiger partial charge < -0.3 is 5.32 Å². The van der Waals surface area contributed by atoms with Gasteiger partial charge in [-0.25, -0.2) is 4.39 Å². The average Bonchev–Trinajstić information content (AvgIpc) is 2.34. The van der Waals surface area contributed by atoms with Gasteiger partial charge >= 0.3 is 0 Å². The number of hydrogen-bond donors (Lipinski definition) is 1. The first-order valence-corrected chi connectivity index (χ1v) is 5.67. The quantitative estimate of drug-likeness (QED) is 0.929. The molecule has 0 atom stereocenters. The maximum absolute atomic E-state index is 13.4. The van der Waals surface area contributed by atoms with E-state index >= 15 is 0 Å². The summed E-state index contributed by atoms with van der Waals surface area (Å²) in [5.41, 5.74) is 1.55. The summed E-state index contributed by atoms with van der Waals surface area (Å²) in [7, 11) is 0. The lowest BCUT2D eigenvalue weighted by atomic mass is 10.2. The van der Waals surface area contributed by atoms with E-state index in [9.17, 15) is 4.39 Å². The van der Waals surface area contributed by atoms with Crippen molar-refractivity contribution >= 4 is 24.0 Å². The van der Waals surface area contributed by atoms with E-state index in [1.54, 1.807) is 24.5 Å². The third kappa shape index (κ3) is 3.95. The van der Waals surface area contributed by atoms with Gasteiger partial charge in [0.15, 0.2) is 0 Å². The highest BCUT2D eigenvalue weighted by Crippen LogP contribution is 2.18. The van der Waals surface area contributed by atoms with E-state index in [2.05, 4.69) is 10.3 Å². The van der Waals surface area contributed by atoms with E-state index in [1.807, 2.05) is 12.1 Å². The summed E-state index contributed by atoms with van der Waals surface area (Å²) < 4.78 is 13.4. The van der Waals surface area contributed by atoms with E-state index in [1.165, 1.54) is 6.07 Å². The van der Waals surface area contributed by atoms with Crippen molar-refractivity contribution in [3.8, 4) is 0 Å². The van der Waals surface area contributed by atoms with Crippen LogP contribution in [0.25, 0.3) is 0 Å². The van der Waals surface area contributed by atoms with Crippen molar-refractivity contribution in [3.63, 3.8) is 0 Å². The van der Waals surface area contributed by atoms with Crippen molar-refractivity contribution < 1.29 is 4.39 Å². The van der Waals surface area contributed by atoms with E-state index in [0.717, 1.165) is 5.56 Å². The zero-order chi connectivity index (χ0) is 12.1. The molecule has 0 fully saturated rings. The van der Waals surface area contributed by atoms with Crippen LogP contribution < -0.4 is 5.32 Å². The van der Waals surface area contributed by atoms with Crippen molar-refractivity contribution in [2.75, 3.05) is 0 Å². The Balaban J connectivity index is 0.00000162. The fourth-order valence-corrected chi connectivity index (χ4v) is 1.77. The van der Waals surface area contributed by atoms with Gasteiger partial charge in [0, 0.05) is 36.1 Å². The zero-order valence-corrected chi connectivity index (χ0v) is 11.1. The second kappa shape index (κ2) is 7.31. The Kier molecular flexibility index (Phi) is 6.05. The fourth-order valence-electron chi connectivity index (χ4n) is 1.54. The highest BCUT2D eigenvalue weighted by Gasteiger charge is 2.05. The second-order valence-corrected chi connectivity index (χ2v) is 4.07. The third-order valence-electron chi connectivity index (χ3n) is 2.42. The average molecular weight is 287 g/mol. The standard InChI is InChI=1S/C13H12ClFN2.ClH/c14-12-4-1-5-13(15)11(12)9-17-8-10-3-2-6-16-7-10;/h1-7,17H,8-9H2;1H. The number of nitrogens with one attached hydrogen (secondary N) is 1. The molecule has 18 heavy (non-hydrogen) atoms. The molecule has 0 bridgehead atoms. The molecule has 0 unspecified atom stereocenters. The summed E-state index contributed by atoms with van der Waals surface area (Å²) in [5, 5.41) is 3.58. The molecule has 0 amide bonds. The Morgan fingerprint density at radius 1 is 1.17 bits per heavy atom. The van der Waals surface area contributed by atoms with E-state index in [4.69, 9.17) is 11.6 Å². The number of benzene rings is 1. The van der Waals surface area contributed by atoms with Crippen LogP contribution in [0, 0.1) is 5.82 Å². The summed E-state index contributed by atoms with van der Waals surface area (Å²) in [6.07, 6.45) is 3.49. The van der Waals surface area contributed by atoms with Gasteiger partial charge in [-0.1, -0.05) is 23.7 Å². The lowest BCUT2D eigenvalue weighted by molar-refractivity contribution is 0.588. The first-order valence-electron chi connectivity index (χ1n) is 5.30. The van der Waals surface area contributed by atoms with Crippen molar-refractivity contribution in [1.29, 1.82) is 0 Å². The molecule has 96 valence electrons. The highest BCUT2D eigenvalue weighted by atomic mass is 35.5. The first kappa shape index (κ1) is 14.9. The number of pyridine rings is 1. The van der Waals surface area contributed by atoms with Crippen LogP contribution in [-0.4, -0.2) is 4.98 Å². The van der Waals surface area contributed by atoms with Crippen LogP contribution in [0.2, 0.25) is 5.02 Å². The molecule has 2 nitrogen and oxygen atoms in total. The zero-order valence-electron chi connectivity index (χ0n) is 9.57. The molecule has 0 aliphatic carbocycles. The molecule has 0 spiro atoms. The summed E-state index contributed by atoms with van der Waals surface area (Å²) in [6, 6.07) is 8.52. The Hall–Kier alpha value is -1.16. The van der Waals surface area contributed by atoms with Crippen LogP contribution in [-0.2, 0) is 13.1 Å². The van der Waals surface area contributed by atoms with E-state index < -0.39 is 0 Å². The molecule has 0 saturated heterocycles. The minimum Gasteiger partial charge on any atom is -0.308 e. The van der Waals surface area contributed by atoms with Crippen LogP contribution in [0.15, 0.2) is 42.7 Å². The summed E-state index contributed by atoms with van der Waals surface area (Å²) >= 11 is 5.92. The Morgan fingerprint density at radius 2 is 2.00 bits per heavy atom. The third-order valence-corrected chi connectivity index (χ3v) is 2.77. The predicted molar refractivity (Wildman–Crippen MR) is 73.4 cm³/mol. The molecule has 5 heteroatoms. The van der Waals surface area contributed by atoms with E-state index in [0.29, 0.717) is 23.7 Å². The molecule has 0 radical (unpaired) electrons. The smallest absolute Gasteiger partial charge is 0.129 e. The van der Waals surface area contributed by atoms with Crippen LogP contribution >= 0.6 is 24.0 Å². The monoisotopic (exact) mass is 286 g/mol. The minimum atomic E-state index is -0.281. The molecule has 0 aliphatic heterocycles. The van der Waals surface area contributed by atoms with Gasteiger partial charge in [0.25, 0.3) is 0 Å². The topological polar surface area (TPSA) is 24.9 Å². The lowest BCUT2D eigenvalue weighted by Gasteiger charge is -2.07. The van der Waals surface area contributed by atoms with Crippen LogP contribution in [0.1, 0.15) is 11.1 Å². The SMILES string of the molecule is Cl.Fc1cccc(Cl)c1CNCc1cccnc1. The van der Waals surface area contributed by atoms with Gasteiger partial charge in [-0.3, -0.25) is 4.98 Å². The van der Waals surface area contributed by atoms with Gasteiger partial charge in [-0.15, -0.1) is 12.4 Å². The van der Waals surface area contributed by atoms with E-state index in [-0.39, 0.29) is 18.2 Å². The van der Waals surface area contributed by atoms with Gasteiger partial charge in [-0.05, 0) is 23.8 Å². The van der Waals surface area contributed by atoms with Crippen LogP contribution in [0.3, 0.4) is 0 Å². The van der Waals surface area contributed by atoms with Crippen LogP contribution in [0.4, 0.5) is 4.39 Å². The molecule has 2 aromatic rings. The van der Waals surface area contributed by atoms with Gasteiger partial charge in [0.2, 0.25) is 0 Å². The molecular formula is C13H13Cl2FN2. The molecule has 0 saturated carbocycles. The number of hydrogen-bond acceptors (Lipinski definition) is 2. The highest BCUT2D eigenvalue weighted by molar-refractivity contribution is 6.31. The molecule has 1 aromatic heterocycles. The number of aromatic nitrogens is 1. The maximum atomic E-state index is 13.4. The minimum absolute atomic E-state index is 0.